The summed E-state index contributed by atoms with van der Waals surface area (Å²) in [5.74, 6) is -2.22. The summed E-state index contributed by atoms with van der Waals surface area (Å²) >= 11 is 0. The summed E-state index contributed by atoms with van der Waals surface area (Å²) in [6.45, 7) is 0. The lowest BCUT2D eigenvalue weighted by molar-refractivity contribution is -0.136. The first kappa shape index (κ1) is 4.50. The van der Waals surface area contributed by atoms with Crippen LogP contribution in [0.2, 0.25) is 0 Å². The second-order valence-electron chi connectivity index (χ2n) is 2.62. The Kier molecular flexibility index (Phi) is 0.985. The molecule has 0 bridgehead atoms. The van der Waals surface area contributed by atoms with Gasteiger partial charge in [-0.2, -0.15) is 0 Å². The number of aromatic nitrogens is 1. The van der Waals surface area contributed by atoms with E-state index in [0.29, 0.717) is 0 Å². The molecule has 1 heterocycles. The van der Waals surface area contributed by atoms with Gasteiger partial charge < -0.3 is 15.2 Å². The second-order valence-corrected chi connectivity index (χ2v) is 2.62. The fourth-order valence-corrected chi connectivity index (χ4v) is 1.08. The minimum Gasteiger partial charge on any atom is -0.508 e. The Hall–Kier alpha value is -1.97. The molecule has 0 amide bonds. The number of fused-ring (bicyclic) bond motifs is 1. The monoisotopic (exact) mass is 196 g/mol. The van der Waals surface area contributed by atoms with Crippen molar-refractivity contribution in [3.63, 3.8) is 0 Å². The maximum atomic E-state index is 10.8. The number of carboxylic acids is 1. The number of nitrogens with one attached hydrogen (secondary N) is 1. The Bertz CT molecular complexity index is 697. The molecule has 0 saturated carbocycles. The third kappa shape index (κ3) is 1.54. The zero-order valence-corrected chi connectivity index (χ0v) is 6.88. The van der Waals surface area contributed by atoms with Gasteiger partial charge in [-0.15, -0.1) is 0 Å². The lowest BCUT2D eigenvalue weighted by atomic mass is 10.2. The molecule has 0 aliphatic carbocycles. The molecule has 3 N–H and O–H groups in total. The molecular weight excluding hydrogens is 182 g/mol. The van der Waals surface area contributed by atoms with E-state index in [-0.39, 0.29) is 16.6 Å². The summed E-state index contributed by atoms with van der Waals surface area (Å²) in [4.78, 5) is 13.2. The number of carbonyl (C=O) groups is 1. The van der Waals surface area contributed by atoms with Crippen LogP contribution in [0.25, 0.3) is 10.9 Å². The van der Waals surface area contributed by atoms with Crippen LogP contribution in [0.4, 0.5) is 0 Å². The third-order valence-corrected chi connectivity index (χ3v) is 1.59. The Morgan fingerprint density at radius 1 is 1.57 bits per heavy atom. The molecule has 0 aliphatic heterocycles. The lowest BCUT2D eigenvalue weighted by Crippen LogP contribution is -1.99. The largest absolute Gasteiger partial charge is 0.508 e. The molecule has 0 spiro atoms. The Morgan fingerprint density at radius 3 is 3.07 bits per heavy atom. The molecule has 0 saturated heterocycles. The lowest BCUT2D eigenvalue weighted by Gasteiger charge is -1.90. The molecular formula is C10H9NO3. The Morgan fingerprint density at radius 2 is 2.36 bits per heavy atom. The molecule has 1 atom stereocenters. The number of hydrogen-bond donors (Lipinski definition) is 3. The van der Waals surface area contributed by atoms with E-state index in [2.05, 4.69) is 4.98 Å². The highest BCUT2D eigenvalue weighted by atomic mass is 16.4. The zero-order chi connectivity index (χ0) is 14.5. The number of phenols is 1. The quantitative estimate of drug-likeness (QED) is 0.681. The van der Waals surface area contributed by atoms with Crippen LogP contribution in [0, 0.1) is 0 Å². The van der Waals surface area contributed by atoms with E-state index < -0.39 is 42.3 Å². The number of rotatable bonds is 2. The number of benzene rings is 1. The number of hydrogen-bond acceptors (Lipinski definition) is 2. The highest BCUT2D eigenvalue weighted by Crippen LogP contribution is 2.20. The predicted octanol–water partition coefficient (Wildman–Crippen LogP) is 1.50. The predicted molar refractivity (Wildman–Crippen MR) is 51.3 cm³/mol. The summed E-state index contributed by atoms with van der Waals surface area (Å²) in [6, 6.07) is -1.98. The van der Waals surface area contributed by atoms with Crippen LogP contribution in [0.15, 0.2) is 24.2 Å². The van der Waals surface area contributed by atoms with Gasteiger partial charge in [0.1, 0.15) is 5.75 Å². The van der Waals surface area contributed by atoms with Gasteiger partial charge in [0.15, 0.2) is 0 Å². The van der Waals surface area contributed by atoms with E-state index in [1.165, 1.54) is 0 Å². The van der Waals surface area contributed by atoms with Crippen LogP contribution in [-0.4, -0.2) is 21.2 Å². The minimum atomic E-state index is -1.75. The van der Waals surface area contributed by atoms with Crippen LogP contribution in [0.5, 0.6) is 5.75 Å². The summed E-state index contributed by atoms with van der Waals surface area (Å²) in [7, 11) is 0. The third-order valence-electron chi connectivity index (χ3n) is 1.59. The van der Waals surface area contributed by atoms with Gasteiger partial charge in [-0.25, -0.2) is 0 Å². The maximum Gasteiger partial charge on any atom is 0.309 e. The number of H-pyrrole nitrogens is 1. The molecule has 0 fully saturated rings. The standard InChI is InChI=1S/C10H9NO3/c12-8-1-2-9-6(4-8)3-7(11-9)5-10(13)14/h1-4,11-12H,5H2,(H,13,14)/i1D,2D,3D,4D,5D. The first-order valence-electron chi connectivity index (χ1n) is 6.31. The Labute approximate surface area is 86.8 Å². The van der Waals surface area contributed by atoms with Crippen LogP contribution in [0.3, 0.4) is 0 Å². The van der Waals surface area contributed by atoms with Crippen LogP contribution in [0.1, 0.15) is 12.5 Å². The van der Waals surface area contributed by atoms with Gasteiger partial charge >= 0.3 is 5.97 Å². The van der Waals surface area contributed by atoms with Gasteiger partial charge in [-0.3, -0.25) is 4.79 Å². The highest BCUT2D eigenvalue weighted by Gasteiger charge is 2.04. The molecule has 1 aromatic heterocycles. The van der Waals surface area contributed by atoms with Gasteiger partial charge in [0, 0.05) is 18.0 Å². The SMILES string of the molecule is [2H]c1c(O)c([2H])c2c([2H])c(C([2H])C(=O)O)[nH]c2c1[2H]. The normalized spacial score (nSPS) is 17.9. The first-order chi connectivity index (χ1) is 8.77. The van der Waals surface area contributed by atoms with Crippen LogP contribution in [-0.2, 0) is 11.2 Å². The van der Waals surface area contributed by atoms with Crippen molar-refractivity contribution < 1.29 is 21.9 Å². The first-order valence-corrected chi connectivity index (χ1v) is 3.73. The Balaban J connectivity index is 2.88. The molecule has 4 heteroatoms. The van der Waals surface area contributed by atoms with Gasteiger partial charge in [0.25, 0.3) is 0 Å². The maximum absolute atomic E-state index is 10.8. The minimum absolute atomic E-state index is 0.0914. The number of carboxylic acid groups (broad SMARTS) is 1. The van der Waals surface area contributed by atoms with Crippen LogP contribution >= 0.6 is 0 Å². The molecule has 2 aromatic rings. The van der Waals surface area contributed by atoms with Crippen LogP contribution < -0.4 is 0 Å². The fraction of sp³-hybridized carbons (Fsp3) is 0.100. The van der Waals surface area contributed by atoms with E-state index in [0.717, 1.165) is 0 Å². The molecule has 2 rings (SSSR count). The van der Waals surface area contributed by atoms with Crippen molar-refractivity contribution >= 4 is 16.9 Å². The van der Waals surface area contributed by atoms with Gasteiger partial charge in [0.05, 0.1) is 11.9 Å². The average molecular weight is 196 g/mol. The van der Waals surface area contributed by atoms with Crippen molar-refractivity contribution in [2.45, 2.75) is 6.40 Å². The number of aromatic amines is 1. The molecule has 1 aromatic carbocycles. The smallest absolute Gasteiger partial charge is 0.309 e. The van der Waals surface area contributed by atoms with Crippen molar-refractivity contribution in [3.05, 3.63) is 29.9 Å². The average Bonchev–Trinajstić information content (AvgIpc) is 2.70. The number of aromatic hydroxyl groups is 1. The van der Waals surface area contributed by atoms with Crippen molar-refractivity contribution in [2.24, 2.45) is 0 Å². The summed E-state index contributed by atoms with van der Waals surface area (Å²) in [5.41, 5.74) is -0.374. The van der Waals surface area contributed by atoms with Crippen molar-refractivity contribution in [3.8, 4) is 5.75 Å². The zero-order valence-electron chi connectivity index (χ0n) is 11.9. The highest BCUT2D eigenvalue weighted by molar-refractivity contribution is 5.83. The van der Waals surface area contributed by atoms with Crippen molar-refractivity contribution in [1.82, 2.24) is 4.98 Å². The molecule has 0 radical (unpaired) electrons. The van der Waals surface area contributed by atoms with Crippen molar-refractivity contribution in [2.75, 3.05) is 0 Å². The molecule has 14 heavy (non-hydrogen) atoms. The molecule has 4 nitrogen and oxygen atoms in total. The summed E-state index contributed by atoms with van der Waals surface area (Å²) in [5, 5.41) is 18.1. The topological polar surface area (TPSA) is 73.3 Å². The molecule has 0 aliphatic rings. The fourth-order valence-electron chi connectivity index (χ4n) is 1.08. The summed E-state index contributed by atoms with van der Waals surface area (Å²) < 4.78 is 37.9. The van der Waals surface area contributed by atoms with Gasteiger partial charge in [-0.05, 0) is 24.2 Å². The molecule has 1 unspecified atom stereocenters. The van der Waals surface area contributed by atoms with E-state index in [9.17, 15) is 9.90 Å². The van der Waals surface area contributed by atoms with Crippen molar-refractivity contribution in [1.29, 1.82) is 0 Å². The van der Waals surface area contributed by atoms with Gasteiger partial charge in [0.2, 0.25) is 0 Å². The van der Waals surface area contributed by atoms with E-state index in [4.69, 9.17) is 12.0 Å². The number of phenolic OH excluding ortho intramolecular Hbond substituents is 1. The van der Waals surface area contributed by atoms with E-state index >= 15 is 0 Å². The number of aliphatic carboxylic acids is 1. The second kappa shape index (κ2) is 3.06. The molecule has 72 valence electrons. The van der Waals surface area contributed by atoms with Gasteiger partial charge in [-0.1, -0.05) is 0 Å². The van der Waals surface area contributed by atoms with E-state index in [1.807, 2.05) is 0 Å². The summed E-state index contributed by atoms with van der Waals surface area (Å²) in [6.07, 6.45) is -1.75. The van der Waals surface area contributed by atoms with E-state index in [1.54, 1.807) is 0 Å².